The van der Waals surface area contributed by atoms with Gasteiger partial charge in [0.2, 0.25) is 0 Å². The maximum absolute atomic E-state index is 10.7. The maximum atomic E-state index is 10.7. The molecule has 0 heterocycles. The Labute approximate surface area is 75.2 Å². The first-order valence-corrected chi connectivity index (χ1v) is 4.07. The molecule has 0 rings (SSSR count). The zero-order valence-corrected chi connectivity index (χ0v) is 7.60. The summed E-state index contributed by atoms with van der Waals surface area (Å²) in [4.78, 5) is 9.71. The molecule has 0 aliphatic rings. The molecule has 3 nitrogen and oxygen atoms in total. The summed E-state index contributed by atoms with van der Waals surface area (Å²) >= 11 is 10.6. The predicted octanol–water partition coefficient (Wildman–Crippen LogP) is 1.10. The van der Waals surface area contributed by atoms with Gasteiger partial charge in [-0.1, -0.05) is 0 Å². The minimum absolute atomic E-state index is 0.161. The average molecular weight is 201 g/mol. The third-order valence-electron chi connectivity index (χ3n) is 0.972. The number of ether oxygens (including phenoxy) is 1. The number of aliphatic hydroxyl groups is 1. The van der Waals surface area contributed by atoms with E-state index >= 15 is 0 Å². The van der Waals surface area contributed by atoms with Gasteiger partial charge in [0.1, 0.15) is 4.84 Å². The number of alkyl halides is 2. The number of halogens is 2. The van der Waals surface area contributed by atoms with E-state index in [0.29, 0.717) is 6.61 Å². The van der Waals surface area contributed by atoms with E-state index in [-0.39, 0.29) is 6.42 Å². The largest absolute Gasteiger partial charge is 0.466 e. The molecule has 0 aliphatic carbocycles. The van der Waals surface area contributed by atoms with E-state index < -0.39 is 16.9 Å². The van der Waals surface area contributed by atoms with Crippen molar-refractivity contribution >= 4 is 29.2 Å². The Bertz CT molecular complexity index is 127. The second kappa shape index (κ2) is 5.63. The average Bonchev–Trinajstić information content (AvgIpc) is 1.87. The Morgan fingerprint density at radius 1 is 1.64 bits per heavy atom. The summed E-state index contributed by atoms with van der Waals surface area (Å²) in [6.45, 7) is 1.98. The fourth-order valence-electron chi connectivity index (χ4n) is 0.480. The minimum atomic E-state index is -1.04. The Hall–Kier alpha value is 0.01000. The fraction of sp³-hybridized carbons (Fsp3) is 0.833. The van der Waals surface area contributed by atoms with E-state index in [0.717, 1.165) is 0 Å². The normalized spacial score (nSPS) is 13.2. The highest BCUT2D eigenvalue weighted by molar-refractivity contribution is 6.44. The van der Waals surface area contributed by atoms with E-state index in [2.05, 4.69) is 4.74 Å². The van der Waals surface area contributed by atoms with Crippen molar-refractivity contribution in [1.82, 2.24) is 0 Å². The number of aliphatic hydroxyl groups excluding tert-OH is 1. The van der Waals surface area contributed by atoms with Crippen LogP contribution in [-0.4, -0.2) is 28.6 Å². The summed E-state index contributed by atoms with van der Waals surface area (Å²) < 4.78 is 4.55. The standard InChI is InChI=1S/C6H10Cl2O3/c1-2-11-5(10)3-4(9)6(7)8/h4,6,9H,2-3H2,1H3/t4-/m0/s1. The van der Waals surface area contributed by atoms with Crippen molar-refractivity contribution in [2.45, 2.75) is 24.3 Å². The zero-order chi connectivity index (χ0) is 8.85. The summed E-state index contributed by atoms with van der Waals surface area (Å²) in [7, 11) is 0. The van der Waals surface area contributed by atoms with E-state index in [1.54, 1.807) is 6.92 Å². The Balaban J connectivity index is 3.57. The molecule has 0 spiro atoms. The molecule has 0 aromatic carbocycles. The van der Waals surface area contributed by atoms with Gasteiger partial charge in [-0.05, 0) is 6.92 Å². The third kappa shape index (κ3) is 5.30. The van der Waals surface area contributed by atoms with Gasteiger partial charge in [0.05, 0.1) is 19.1 Å². The van der Waals surface area contributed by atoms with Crippen LogP contribution < -0.4 is 0 Å². The summed E-state index contributed by atoms with van der Waals surface area (Å²) in [5.74, 6) is -0.494. The molecule has 1 atom stereocenters. The molecule has 0 saturated carbocycles. The fourth-order valence-corrected chi connectivity index (χ4v) is 0.658. The molecule has 0 bridgehead atoms. The Kier molecular flexibility index (Phi) is 5.64. The van der Waals surface area contributed by atoms with E-state index in [4.69, 9.17) is 28.3 Å². The van der Waals surface area contributed by atoms with Crippen LogP contribution in [0.15, 0.2) is 0 Å². The van der Waals surface area contributed by atoms with E-state index in [1.165, 1.54) is 0 Å². The summed E-state index contributed by atoms with van der Waals surface area (Å²) in [6.07, 6.45) is -1.21. The molecule has 66 valence electrons. The van der Waals surface area contributed by atoms with Gasteiger partial charge in [0, 0.05) is 0 Å². The van der Waals surface area contributed by atoms with Gasteiger partial charge in [-0.25, -0.2) is 0 Å². The van der Waals surface area contributed by atoms with Crippen LogP contribution in [0.4, 0.5) is 0 Å². The second-order valence-electron chi connectivity index (χ2n) is 1.91. The molecule has 0 aromatic heterocycles. The Morgan fingerprint density at radius 3 is 2.55 bits per heavy atom. The quantitative estimate of drug-likeness (QED) is 0.547. The predicted molar refractivity (Wildman–Crippen MR) is 42.8 cm³/mol. The van der Waals surface area contributed by atoms with Gasteiger partial charge in [-0.2, -0.15) is 0 Å². The monoisotopic (exact) mass is 200 g/mol. The molecule has 1 N–H and O–H groups in total. The summed E-state index contributed by atoms with van der Waals surface area (Å²) in [6, 6.07) is 0. The number of carbonyl (C=O) groups is 1. The molecular weight excluding hydrogens is 191 g/mol. The lowest BCUT2D eigenvalue weighted by atomic mass is 10.3. The van der Waals surface area contributed by atoms with Crippen LogP contribution >= 0.6 is 23.2 Å². The van der Waals surface area contributed by atoms with Crippen LogP contribution in [0.5, 0.6) is 0 Å². The highest BCUT2D eigenvalue weighted by atomic mass is 35.5. The van der Waals surface area contributed by atoms with Crippen LogP contribution in [0, 0.1) is 0 Å². The van der Waals surface area contributed by atoms with E-state index in [9.17, 15) is 4.79 Å². The maximum Gasteiger partial charge on any atom is 0.308 e. The van der Waals surface area contributed by atoms with Gasteiger partial charge in [-0.15, -0.1) is 23.2 Å². The third-order valence-corrected chi connectivity index (χ3v) is 1.55. The first kappa shape index (κ1) is 11.0. The van der Waals surface area contributed by atoms with Crippen LogP contribution in [0.2, 0.25) is 0 Å². The molecule has 0 unspecified atom stereocenters. The topological polar surface area (TPSA) is 46.5 Å². The first-order chi connectivity index (χ1) is 5.07. The van der Waals surface area contributed by atoms with Gasteiger partial charge in [-0.3, -0.25) is 4.79 Å². The highest BCUT2D eigenvalue weighted by Gasteiger charge is 2.17. The molecule has 0 radical (unpaired) electrons. The summed E-state index contributed by atoms with van der Waals surface area (Å²) in [5.41, 5.74) is 0. The zero-order valence-electron chi connectivity index (χ0n) is 6.09. The minimum Gasteiger partial charge on any atom is -0.466 e. The molecular formula is C6H10Cl2O3. The second-order valence-corrected chi connectivity index (χ2v) is 3.07. The van der Waals surface area contributed by atoms with Gasteiger partial charge < -0.3 is 9.84 Å². The lowest BCUT2D eigenvalue weighted by Gasteiger charge is -2.09. The Morgan fingerprint density at radius 2 is 2.18 bits per heavy atom. The molecule has 0 fully saturated rings. The van der Waals surface area contributed by atoms with Gasteiger partial charge in [0.15, 0.2) is 0 Å². The van der Waals surface area contributed by atoms with Crippen molar-refractivity contribution < 1.29 is 14.6 Å². The number of rotatable bonds is 4. The van der Waals surface area contributed by atoms with Crippen molar-refractivity contribution in [3.8, 4) is 0 Å². The number of hydrogen-bond acceptors (Lipinski definition) is 3. The van der Waals surface area contributed by atoms with Crippen LogP contribution in [0.1, 0.15) is 13.3 Å². The molecule has 5 heteroatoms. The van der Waals surface area contributed by atoms with Crippen LogP contribution in [-0.2, 0) is 9.53 Å². The lowest BCUT2D eigenvalue weighted by molar-refractivity contribution is -0.145. The number of esters is 1. The molecule has 0 saturated heterocycles. The molecule has 0 amide bonds. The van der Waals surface area contributed by atoms with Gasteiger partial charge in [0.25, 0.3) is 0 Å². The molecule has 0 aromatic rings. The highest BCUT2D eigenvalue weighted by Crippen LogP contribution is 2.11. The SMILES string of the molecule is CCOC(=O)C[C@H](O)C(Cl)Cl. The smallest absolute Gasteiger partial charge is 0.308 e. The van der Waals surface area contributed by atoms with Crippen molar-refractivity contribution in [3.63, 3.8) is 0 Å². The van der Waals surface area contributed by atoms with Crippen molar-refractivity contribution in [2.24, 2.45) is 0 Å². The molecule has 11 heavy (non-hydrogen) atoms. The van der Waals surface area contributed by atoms with Crippen molar-refractivity contribution in [3.05, 3.63) is 0 Å². The van der Waals surface area contributed by atoms with Crippen LogP contribution in [0.25, 0.3) is 0 Å². The van der Waals surface area contributed by atoms with Crippen LogP contribution in [0.3, 0.4) is 0 Å². The van der Waals surface area contributed by atoms with Crippen molar-refractivity contribution in [2.75, 3.05) is 6.61 Å². The summed E-state index contributed by atoms with van der Waals surface area (Å²) in [5, 5.41) is 8.96. The number of hydrogen-bond donors (Lipinski definition) is 1. The number of carbonyl (C=O) groups excluding carboxylic acids is 1. The molecule has 0 aliphatic heterocycles. The lowest BCUT2D eigenvalue weighted by Crippen LogP contribution is -2.21. The first-order valence-electron chi connectivity index (χ1n) is 3.19. The van der Waals surface area contributed by atoms with E-state index in [1.807, 2.05) is 0 Å². The van der Waals surface area contributed by atoms with Crippen molar-refractivity contribution in [1.29, 1.82) is 0 Å². The van der Waals surface area contributed by atoms with Gasteiger partial charge >= 0.3 is 5.97 Å².